The number of rotatable bonds is 3. The van der Waals surface area contributed by atoms with Crippen LogP contribution in [0.4, 0.5) is 4.79 Å². The molecule has 1 saturated heterocycles. The molecule has 1 aliphatic rings. The fraction of sp³-hybridized carbons (Fsp3) is 0.273. The minimum Gasteiger partial charge on any atom is -0.496 e. The lowest BCUT2D eigenvalue weighted by Gasteiger charge is -2.23. The van der Waals surface area contributed by atoms with E-state index < -0.39 is 26.5 Å². The predicted octanol–water partition coefficient (Wildman–Crippen LogP) is 0.677. The Morgan fingerprint density at radius 3 is 2.40 bits per heavy atom. The Hall–Kier alpha value is -1.80. The van der Waals surface area contributed by atoms with Gasteiger partial charge in [-0.05, 0) is 25.1 Å². The van der Waals surface area contributed by atoms with Crippen LogP contribution < -0.4 is 15.4 Å². The molecule has 1 heterocycles. The minimum absolute atomic E-state index is 0.190. The number of urea groups is 1. The average molecular weight is 319 g/mol. The molecule has 1 aliphatic heterocycles. The molecule has 1 aromatic carbocycles. The average Bonchev–Trinajstić information content (AvgIpc) is 2.62. The van der Waals surface area contributed by atoms with Crippen molar-refractivity contribution < 1.29 is 22.7 Å². The molecule has 3 amide bonds. The monoisotopic (exact) mass is 318 g/mol. The lowest BCUT2D eigenvalue weighted by atomic mass is 9.91. The van der Waals surface area contributed by atoms with Gasteiger partial charge in [0.15, 0.2) is 0 Å². The molecule has 9 heteroatoms. The number of imide groups is 1. The number of halogens is 1. The fourth-order valence-electron chi connectivity index (χ4n) is 1.96. The number of benzene rings is 1. The van der Waals surface area contributed by atoms with Crippen LogP contribution in [0.25, 0.3) is 0 Å². The molecule has 1 unspecified atom stereocenters. The van der Waals surface area contributed by atoms with Crippen LogP contribution in [0.15, 0.2) is 23.1 Å². The molecule has 7 nitrogen and oxygen atoms in total. The topological polar surface area (TPSA) is 102 Å². The van der Waals surface area contributed by atoms with Crippen molar-refractivity contribution in [1.29, 1.82) is 0 Å². The van der Waals surface area contributed by atoms with Gasteiger partial charge in [-0.1, -0.05) is 0 Å². The first-order valence-corrected chi connectivity index (χ1v) is 7.76. The van der Waals surface area contributed by atoms with Gasteiger partial charge >= 0.3 is 6.03 Å². The largest absolute Gasteiger partial charge is 0.496 e. The summed E-state index contributed by atoms with van der Waals surface area (Å²) in [4.78, 5) is 23.0. The van der Waals surface area contributed by atoms with E-state index >= 15 is 0 Å². The highest BCUT2D eigenvalue weighted by atomic mass is 35.7. The van der Waals surface area contributed by atoms with Crippen molar-refractivity contribution in [2.24, 2.45) is 0 Å². The Bertz CT molecular complexity index is 703. The third kappa shape index (κ3) is 2.32. The van der Waals surface area contributed by atoms with Gasteiger partial charge in [-0.15, -0.1) is 0 Å². The van der Waals surface area contributed by atoms with Gasteiger partial charge in [-0.2, -0.15) is 0 Å². The van der Waals surface area contributed by atoms with Crippen molar-refractivity contribution in [2.45, 2.75) is 17.4 Å². The van der Waals surface area contributed by atoms with Gasteiger partial charge < -0.3 is 10.1 Å². The first-order chi connectivity index (χ1) is 9.18. The van der Waals surface area contributed by atoms with E-state index in [2.05, 4.69) is 10.6 Å². The summed E-state index contributed by atoms with van der Waals surface area (Å²) in [6, 6.07) is 3.15. The summed E-state index contributed by atoms with van der Waals surface area (Å²) in [7, 11) is 2.69. The summed E-state index contributed by atoms with van der Waals surface area (Å²) in [6.45, 7) is 1.44. The van der Waals surface area contributed by atoms with Gasteiger partial charge in [0.1, 0.15) is 11.3 Å². The van der Waals surface area contributed by atoms with E-state index in [1.54, 1.807) is 0 Å². The van der Waals surface area contributed by atoms with E-state index in [0.29, 0.717) is 0 Å². The maximum absolute atomic E-state index is 11.9. The number of hydrogen-bond donors (Lipinski definition) is 2. The van der Waals surface area contributed by atoms with Gasteiger partial charge in [-0.3, -0.25) is 10.1 Å². The number of amides is 3. The zero-order chi connectivity index (χ0) is 15.1. The Balaban J connectivity index is 2.66. The van der Waals surface area contributed by atoms with Gasteiger partial charge in [0, 0.05) is 16.2 Å². The summed E-state index contributed by atoms with van der Waals surface area (Å²) < 4.78 is 27.9. The minimum atomic E-state index is -3.97. The second kappa shape index (κ2) is 4.64. The number of nitrogens with one attached hydrogen (secondary N) is 2. The predicted molar refractivity (Wildman–Crippen MR) is 70.1 cm³/mol. The summed E-state index contributed by atoms with van der Waals surface area (Å²) in [6.07, 6.45) is 0. The van der Waals surface area contributed by atoms with E-state index in [-0.39, 0.29) is 16.2 Å². The molecule has 0 aliphatic carbocycles. The van der Waals surface area contributed by atoms with Gasteiger partial charge in [0.25, 0.3) is 15.0 Å². The lowest BCUT2D eigenvalue weighted by molar-refractivity contribution is -0.123. The van der Waals surface area contributed by atoms with Crippen LogP contribution in [0, 0.1) is 0 Å². The molecule has 1 aromatic rings. The Morgan fingerprint density at radius 2 is 1.95 bits per heavy atom. The number of hydrogen-bond acceptors (Lipinski definition) is 5. The lowest BCUT2D eigenvalue weighted by Crippen LogP contribution is -2.41. The number of ether oxygens (including phenoxy) is 1. The number of carbonyl (C=O) groups is 2. The van der Waals surface area contributed by atoms with Crippen molar-refractivity contribution in [1.82, 2.24) is 10.6 Å². The highest BCUT2D eigenvalue weighted by Gasteiger charge is 2.45. The van der Waals surface area contributed by atoms with Gasteiger partial charge in [-0.25, -0.2) is 13.2 Å². The highest BCUT2D eigenvalue weighted by Crippen LogP contribution is 2.34. The molecule has 0 bridgehead atoms. The van der Waals surface area contributed by atoms with Crippen molar-refractivity contribution >= 4 is 31.7 Å². The van der Waals surface area contributed by atoms with Crippen molar-refractivity contribution in [3.8, 4) is 5.75 Å². The molecule has 0 aromatic heterocycles. The van der Waals surface area contributed by atoms with Crippen molar-refractivity contribution in [2.75, 3.05) is 7.11 Å². The Kier molecular flexibility index (Phi) is 3.39. The number of methoxy groups -OCH3 is 1. The van der Waals surface area contributed by atoms with E-state index in [4.69, 9.17) is 15.4 Å². The normalized spacial score (nSPS) is 22.4. The highest BCUT2D eigenvalue weighted by molar-refractivity contribution is 8.13. The molecule has 0 radical (unpaired) electrons. The molecule has 1 fully saturated rings. The summed E-state index contributed by atoms with van der Waals surface area (Å²) in [5, 5.41) is 4.52. The first kappa shape index (κ1) is 14.6. The number of carbonyl (C=O) groups excluding carboxylic acids is 2. The van der Waals surface area contributed by atoms with Crippen molar-refractivity contribution in [3.63, 3.8) is 0 Å². The van der Waals surface area contributed by atoms with Crippen LogP contribution in [0.2, 0.25) is 0 Å². The van der Waals surface area contributed by atoms with E-state index in [0.717, 1.165) is 0 Å². The second-order valence-electron chi connectivity index (χ2n) is 4.33. The molecule has 2 N–H and O–H groups in total. The maximum Gasteiger partial charge on any atom is 0.322 e. The van der Waals surface area contributed by atoms with Crippen molar-refractivity contribution in [3.05, 3.63) is 23.8 Å². The van der Waals surface area contributed by atoms with Crippen LogP contribution in [0.1, 0.15) is 12.5 Å². The smallest absolute Gasteiger partial charge is 0.322 e. The molecule has 0 spiro atoms. The van der Waals surface area contributed by atoms with Gasteiger partial charge in [0.05, 0.1) is 12.0 Å². The zero-order valence-electron chi connectivity index (χ0n) is 10.6. The third-order valence-corrected chi connectivity index (χ3v) is 4.39. The molecule has 20 heavy (non-hydrogen) atoms. The van der Waals surface area contributed by atoms with E-state index in [9.17, 15) is 18.0 Å². The standard InChI is InChI=1S/C11H11ClN2O5S/c1-11(9(15)13-10(16)14-11)7-5-6(20(12,17)18)3-4-8(7)19-2/h3-5H,1-2H3,(H2,13,14,15,16). The summed E-state index contributed by atoms with van der Waals surface area (Å²) >= 11 is 0. The van der Waals surface area contributed by atoms with E-state index in [1.165, 1.54) is 32.2 Å². The van der Waals surface area contributed by atoms with Crippen LogP contribution >= 0.6 is 10.7 Å². The Morgan fingerprint density at radius 1 is 1.30 bits per heavy atom. The molecule has 0 saturated carbocycles. The SMILES string of the molecule is COc1ccc(S(=O)(=O)Cl)cc1C1(C)NC(=O)NC1=O. The third-order valence-electron chi connectivity index (χ3n) is 3.04. The molecule has 108 valence electrons. The van der Waals surface area contributed by atoms with Crippen LogP contribution in [-0.4, -0.2) is 27.5 Å². The van der Waals surface area contributed by atoms with Gasteiger partial charge in [0.2, 0.25) is 0 Å². The quantitative estimate of drug-likeness (QED) is 0.630. The van der Waals surface area contributed by atoms with Crippen LogP contribution in [0.5, 0.6) is 5.75 Å². The molecule has 1 atom stereocenters. The van der Waals surface area contributed by atoms with Crippen LogP contribution in [0.3, 0.4) is 0 Å². The molecular weight excluding hydrogens is 308 g/mol. The fourth-order valence-corrected chi connectivity index (χ4v) is 2.74. The molecular formula is C11H11ClN2O5S. The summed E-state index contributed by atoms with van der Waals surface area (Å²) in [5.41, 5.74) is -1.23. The first-order valence-electron chi connectivity index (χ1n) is 5.45. The van der Waals surface area contributed by atoms with E-state index in [1.807, 2.05) is 0 Å². The Labute approximate surface area is 119 Å². The maximum atomic E-state index is 11.9. The second-order valence-corrected chi connectivity index (χ2v) is 6.90. The van der Waals surface area contributed by atoms with Crippen LogP contribution in [-0.2, 0) is 19.4 Å². The molecule has 2 rings (SSSR count). The zero-order valence-corrected chi connectivity index (χ0v) is 12.1. The summed E-state index contributed by atoms with van der Waals surface area (Å²) in [5.74, 6) is -0.348.